The molecule has 1 aromatic carbocycles. The molecule has 5 heteroatoms. The van der Waals surface area contributed by atoms with Crippen LogP contribution in [0.1, 0.15) is 37.2 Å². The molecule has 2 atom stereocenters. The van der Waals surface area contributed by atoms with Crippen LogP contribution in [0, 0.1) is 5.92 Å². The van der Waals surface area contributed by atoms with E-state index in [1.54, 1.807) is 18.2 Å². The van der Waals surface area contributed by atoms with Crippen LogP contribution in [0.4, 0.5) is 5.69 Å². The molecule has 1 N–H and O–H groups in total. The highest BCUT2D eigenvalue weighted by atomic mass is 35.5. The normalized spacial score (nSPS) is 20.0. The van der Waals surface area contributed by atoms with Crippen LogP contribution in [0.5, 0.6) is 0 Å². The Labute approximate surface area is 139 Å². The van der Waals surface area contributed by atoms with Gasteiger partial charge in [-0.1, -0.05) is 30.1 Å². The third-order valence-corrected chi connectivity index (χ3v) is 4.70. The lowest BCUT2D eigenvalue weighted by Gasteiger charge is -2.05. The third kappa shape index (κ3) is 3.65. The van der Waals surface area contributed by atoms with E-state index in [9.17, 15) is 4.79 Å². The lowest BCUT2D eigenvalue weighted by atomic mass is 10.2. The summed E-state index contributed by atoms with van der Waals surface area (Å²) in [4.78, 5) is 12.0. The SMILES string of the molecule is C[C@@H]1C[C@@H]1c1ccc(CCC(=O)Nc2ccc(Cl)c(Cl)c2)o1. The van der Waals surface area contributed by atoms with Crippen molar-refractivity contribution in [3.8, 4) is 0 Å². The maximum absolute atomic E-state index is 12.0. The number of anilines is 1. The fourth-order valence-corrected chi connectivity index (χ4v) is 2.78. The van der Waals surface area contributed by atoms with E-state index in [0.717, 1.165) is 17.4 Å². The molecule has 1 aliphatic carbocycles. The van der Waals surface area contributed by atoms with Crippen molar-refractivity contribution in [2.75, 3.05) is 5.32 Å². The van der Waals surface area contributed by atoms with Gasteiger partial charge in [0.15, 0.2) is 0 Å². The summed E-state index contributed by atoms with van der Waals surface area (Å²) in [6.45, 7) is 2.22. The van der Waals surface area contributed by atoms with Gasteiger partial charge in [0.05, 0.1) is 10.0 Å². The number of furan rings is 1. The molecule has 3 nitrogen and oxygen atoms in total. The van der Waals surface area contributed by atoms with Gasteiger partial charge in [-0.25, -0.2) is 0 Å². The Morgan fingerprint density at radius 3 is 2.73 bits per heavy atom. The summed E-state index contributed by atoms with van der Waals surface area (Å²) < 4.78 is 5.79. The summed E-state index contributed by atoms with van der Waals surface area (Å²) in [5, 5.41) is 3.70. The summed E-state index contributed by atoms with van der Waals surface area (Å²) in [7, 11) is 0. The molecule has 1 fully saturated rings. The highest BCUT2D eigenvalue weighted by Crippen LogP contribution is 2.47. The van der Waals surface area contributed by atoms with E-state index in [1.807, 2.05) is 12.1 Å². The van der Waals surface area contributed by atoms with Crippen molar-refractivity contribution in [3.05, 3.63) is 51.9 Å². The van der Waals surface area contributed by atoms with Gasteiger partial charge in [-0.3, -0.25) is 4.79 Å². The van der Waals surface area contributed by atoms with Gasteiger partial charge < -0.3 is 9.73 Å². The highest BCUT2D eigenvalue weighted by Gasteiger charge is 2.36. The van der Waals surface area contributed by atoms with E-state index in [2.05, 4.69) is 12.2 Å². The molecular weight excluding hydrogens is 321 g/mol. The van der Waals surface area contributed by atoms with Crippen molar-refractivity contribution < 1.29 is 9.21 Å². The second-order valence-corrected chi connectivity index (χ2v) is 6.62. The molecule has 1 aliphatic rings. The number of nitrogens with one attached hydrogen (secondary N) is 1. The molecule has 3 rings (SSSR count). The van der Waals surface area contributed by atoms with Crippen molar-refractivity contribution in [2.45, 2.75) is 32.1 Å². The van der Waals surface area contributed by atoms with Crippen LogP contribution in [0.3, 0.4) is 0 Å². The minimum Gasteiger partial charge on any atom is -0.466 e. The standard InChI is InChI=1S/C17H17Cl2NO2/c1-10-8-13(10)16-6-3-12(22-16)4-7-17(21)20-11-2-5-14(18)15(19)9-11/h2-3,5-6,9-10,13H,4,7-8H2,1H3,(H,20,21)/t10-,13+/m1/s1. The number of carbonyl (C=O) groups excluding carboxylic acids is 1. The molecule has 0 saturated heterocycles. The topological polar surface area (TPSA) is 42.2 Å². The first kappa shape index (κ1) is 15.4. The lowest BCUT2D eigenvalue weighted by Crippen LogP contribution is -2.12. The van der Waals surface area contributed by atoms with Gasteiger partial charge in [0.2, 0.25) is 5.91 Å². The van der Waals surface area contributed by atoms with Crippen molar-refractivity contribution in [1.29, 1.82) is 0 Å². The van der Waals surface area contributed by atoms with Crippen LogP contribution in [-0.4, -0.2) is 5.91 Å². The first-order valence-corrected chi connectivity index (χ1v) is 8.12. The first-order chi connectivity index (χ1) is 10.5. The summed E-state index contributed by atoms with van der Waals surface area (Å²) in [5.41, 5.74) is 0.645. The largest absolute Gasteiger partial charge is 0.466 e. The predicted octanol–water partition coefficient (Wildman–Crippen LogP) is 5.28. The predicted molar refractivity (Wildman–Crippen MR) is 88.6 cm³/mol. The molecule has 2 aromatic rings. The summed E-state index contributed by atoms with van der Waals surface area (Å²) in [5.74, 6) is 3.12. The van der Waals surface area contributed by atoms with Crippen LogP contribution in [0.25, 0.3) is 0 Å². The van der Waals surface area contributed by atoms with E-state index in [0.29, 0.717) is 34.5 Å². The number of halogens is 2. The second-order valence-electron chi connectivity index (χ2n) is 5.80. The lowest BCUT2D eigenvalue weighted by molar-refractivity contribution is -0.116. The number of rotatable bonds is 5. The van der Waals surface area contributed by atoms with Gasteiger partial charge >= 0.3 is 0 Å². The fraction of sp³-hybridized carbons (Fsp3) is 0.353. The molecule has 1 aromatic heterocycles. The smallest absolute Gasteiger partial charge is 0.224 e. The van der Waals surface area contributed by atoms with Gasteiger partial charge in [-0.05, 0) is 42.7 Å². The van der Waals surface area contributed by atoms with Crippen LogP contribution >= 0.6 is 23.2 Å². The molecule has 1 heterocycles. The van der Waals surface area contributed by atoms with Crippen LogP contribution in [0.2, 0.25) is 10.0 Å². The van der Waals surface area contributed by atoms with E-state index in [4.69, 9.17) is 27.6 Å². The molecule has 1 saturated carbocycles. The maximum atomic E-state index is 12.0. The molecule has 0 bridgehead atoms. The molecule has 0 radical (unpaired) electrons. The number of hydrogen-bond donors (Lipinski definition) is 1. The zero-order valence-electron chi connectivity index (χ0n) is 12.2. The molecule has 22 heavy (non-hydrogen) atoms. The average molecular weight is 338 g/mol. The zero-order chi connectivity index (χ0) is 15.7. The molecule has 0 aliphatic heterocycles. The van der Waals surface area contributed by atoms with Crippen molar-refractivity contribution in [1.82, 2.24) is 0 Å². The summed E-state index contributed by atoms with van der Waals surface area (Å²) >= 11 is 11.8. The first-order valence-electron chi connectivity index (χ1n) is 7.36. The van der Waals surface area contributed by atoms with Crippen LogP contribution < -0.4 is 5.32 Å². The third-order valence-electron chi connectivity index (χ3n) is 3.96. The number of benzene rings is 1. The molecule has 1 amide bonds. The van der Waals surface area contributed by atoms with Gasteiger partial charge in [0.1, 0.15) is 11.5 Å². The van der Waals surface area contributed by atoms with Gasteiger partial charge in [-0.2, -0.15) is 0 Å². The van der Waals surface area contributed by atoms with E-state index >= 15 is 0 Å². The quantitative estimate of drug-likeness (QED) is 0.806. The fourth-order valence-electron chi connectivity index (χ4n) is 2.48. The Morgan fingerprint density at radius 1 is 1.27 bits per heavy atom. The zero-order valence-corrected chi connectivity index (χ0v) is 13.7. The van der Waals surface area contributed by atoms with E-state index in [-0.39, 0.29) is 5.91 Å². The van der Waals surface area contributed by atoms with E-state index in [1.165, 1.54) is 6.42 Å². The maximum Gasteiger partial charge on any atom is 0.224 e. The molecule has 0 spiro atoms. The Balaban J connectivity index is 1.51. The molecular formula is C17H17Cl2NO2. The number of hydrogen-bond acceptors (Lipinski definition) is 2. The Hall–Kier alpha value is -1.45. The minimum absolute atomic E-state index is 0.0730. The number of amides is 1. The van der Waals surface area contributed by atoms with Crippen LogP contribution in [0.15, 0.2) is 34.7 Å². The van der Waals surface area contributed by atoms with Gasteiger partial charge in [-0.15, -0.1) is 0 Å². The van der Waals surface area contributed by atoms with Crippen molar-refractivity contribution in [2.24, 2.45) is 5.92 Å². The van der Waals surface area contributed by atoms with Gasteiger partial charge in [0, 0.05) is 24.4 Å². The Bertz CT molecular complexity index is 696. The Kier molecular flexibility index (Phi) is 4.46. The monoisotopic (exact) mass is 337 g/mol. The summed E-state index contributed by atoms with van der Waals surface area (Å²) in [6.07, 6.45) is 2.16. The van der Waals surface area contributed by atoms with Crippen molar-refractivity contribution >= 4 is 34.8 Å². The average Bonchev–Trinajstić information content (AvgIpc) is 3.02. The second kappa shape index (κ2) is 6.35. The Morgan fingerprint density at radius 2 is 2.05 bits per heavy atom. The van der Waals surface area contributed by atoms with Crippen LogP contribution in [-0.2, 0) is 11.2 Å². The number of carbonyl (C=O) groups is 1. The van der Waals surface area contributed by atoms with Gasteiger partial charge in [0.25, 0.3) is 0 Å². The van der Waals surface area contributed by atoms with E-state index < -0.39 is 0 Å². The van der Waals surface area contributed by atoms with Crippen molar-refractivity contribution in [3.63, 3.8) is 0 Å². The minimum atomic E-state index is -0.0730. The number of aryl methyl sites for hydroxylation is 1. The highest BCUT2D eigenvalue weighted by molar-refractivity contribution is 6.42. The summed E-state index contributed by atoms with van der Waals surface area (Å²) in [6, 6.07) is 9.02. The molecule has 0 unspecified atom stereocenters. The molecule has 116 valence electrons.